The van der Waals surface area contributed by atoms with Crippen LogP contribution in [-0.2, 0) is 4.79 Å². The Balaban J connectivity index is 1.57. The van der Waals surface area contributed by atoms with Crippen molar-refractivity contribution >= 4 is 39.3 Å². The van der Waals surface area contributed by atoms with Crippen molar-refractivity contribution < 1.29 is 9.53 Å². The Bertz CT molecular complexity index is 1070. The second-order valence-electron chi connectivity index (χ2n) is 6.12. The van der Waals surface area contributed by atoms with Crippen molar-refractivity contribution in [1.29, 1.82) is 5.26 Å². The highest BCUT2D eigenvalue weighted by Crippen LogP contribution is 2.28. The Kier molecular flexibility index (Phi) is 7.28. The fraction of sp³-hybridized carbons (Fsp3) is 0.136. The van der Waals surface area contributed by atoms with Gasteiger partial charge >= 0.3 is 0 Å². The summed E-state index contributed by atoms with van der Waals surface area (Å²) in [7, 11) is 0. The summed E-state index contributed by atoms with van der Waals surface area (Å²) in [5, 5.41) is 12.1. The number of halogens is 1. The minimum Gasteiger partial charge on any atom is -0.438 e. The predicted molar refractivity (Wildman–Crippen MR) is 118 cm³/mol. The number of hydrogen-bond acceptors (Lipinski definition) is 5. The number of nitriles is 1. The normalized spacial score (nSPS) is 10.2. The van der Waals surface area contributed by atoms with Crippen LogP contribution in [-0.4, -0.2) is 16.6 Å². The Hall–Kier alpha value is -2.82. The number of thioether (sulfide) groups is 1. The molecule has 1 N–H and O–H groups in total. The van der Waals surface area contributed by atoms with Gasteiger partial charge in [0.25, 0.3) is 0 Å². The fourth-order valence-corrected chi connectivity index (χ4v) is 4.05. The van der Waals surface area contributed by atoms with E-state index in [4.69, 9.17) is 10.00 Å². The number of aryl methyl sites for hydroxylation is 1. The summed E-state index contributed by atoms with van der Waals surface area (Å²) in [4.78, 5) is 17.5. The molecule has 0 aliphatic carbocycles. The summed E-state index contributed by atoms with van der Waals surface area (Å²) in [6, 6.07) is 18.7. The zero-order valence-corrected chi connectivity index (χ0v) is 18.1. The zero-order valence-electron chi connectivity index (χ0n) is 15.7. The lowest BCUT2D eigenvalue weighted by atomic mass is 10.2. The average molecular weight is 468 g/mol. The van der Waals surface area contributed by atoms with Crippen LogP contribution in [0.3, 0.4) is 0 Å². The Labute approximate surface area is 182 Å². The summed E-state index contributed by atoms with van der Waals surface area (Å²) in [6.45, 7) is 1.89. The van der Waals surface area contributed by atoms with E-state index in [0.717, 1.165) is 20.6 Å². The average Bonchev–Trinajstić information content (AvgIpc) is 2.72. The second kappa shape index (κ2) is 10.1. The summed E-state index contributed by atoms with van der Waals surface area (Å²) in [5.74, 6) is 1.46. The lowest BCUT2D eigenvalue weighted by Crippen LogP contribution is -2.13. The molecule has 7 heteroatoms. The van der Waals surface area contributed by atoms with Gasteiger partial charge in [0.1, 0.15) is 17.4 Å². The first-order valence-electron chi connectivity index (χ1n) is 8.87. The Morgan fingerprint density at radius 2 is 2.07 bits per heavy atom. The summed E-state index contributed by atoms with van der Waals surface area (Å²) >= 11 is 5.15. The first-order valence-corrected chi connectivity index (χ1v) is 10.7. The zero-order chi connectivity index (χ0) is 20.6. The first kappa shape index (κ1) is 20.9. The molecule has 2 aromatic carbocycles. The highest BCUT2D eigenvalue weighted by molar-refractivity contribution is 9.10. The molecule has 1 amide bonds. The van der Waals surface area contributed by atoms with Gasteiger partial charge < -0.3 is 10.1 Å². The van der Waals surface area contributed by atoms with Gasteiger partial charge in [0.2, 0.25) is 11.8 Å². The topological polar surface area (TPSA) is 75.0 Å². The molecule has 29 heavy (non-hydrogen) atoms. The van der Waals surface area contributed by atoms with Crippen molar-refractivity contribution in [2.24, 2.45) is 0 Å². The largest absolute Gasteiger partial charge is 0.438 e. The number of carbonyl (C=O) groups excluding carboxylic acids is 1. The van der Waals surface area contributed by atoms with Gasteiger partial charge in [-0.15, -0.1) is 11.8 Å². The van der Waals surface area contributed by atoms with E-state index >= 15 is 0 Å². The number of nitrogens with zero attached hydrogens (tertiary/aromatic N) is 2. The molecule has 3 rings (SSSR count). The number of amides is 1. The molecular weight excluding hydrogens is 450 g/mol. The van der Waals surface area contributed by atoms with Crippen LogP contribution in [0.15, 0.2) is 70.2 Å². The van der Waals surface area contributed by atoms with Crippen molar-refractivity contribution in [2.45, 2.75) is 18.2 Å². The van der Waals surface area contributed by atoms with Crippen LogP contribution in [0.4, 0.5) is 5.69 Å². The molecule has 1 aromatic heterocycles. The molecule has 0 fully saturated rings. The Morgan fingerprint density at radius 3 is 2.83 bits per heavy atom. The van der Waals surface area contributed by atoms with Gasteiger partial charge in [-0.25, -0.2) is 4.98 Å². The van der Waals surface area contributed by atoms with Crippen LogP contribution in [0.25, 0.3) is 0 Å². The molecule has 3 aromatic rings. The van der Waals surface area contributed by atoms with Crippen molar-refractivity contribution in [2.75, 3.05) is 11.1 Å². The maximum atomic E-state index is 12.3. The van der Waals surface area contributed by atoms with E-state index in [1.54, 1.807) is 48.3 Å². The van der Waals surface area contributed by atoms with Crippen LogP contribution in [0.1, 0.15) is 17.5 Å². The van der Waals surface area contributed by atoms with Crippen molar-refractivity contribution in [1.82, 2.24) is 4.98 Å². The number of anilines is 1. The van der Waals surface area contributed by atoms with Crippen LogP contribution in [0.2, 0.25) is 0 Å². The quantitative estimate of drug-likeness (QED) is 0.435. The maximum absolute atomic E-state index is 12.3. The third kappa shape index (κ3) is 5.83. The highest BCUT2D eigenvalue weighted by Gasteiger charge is 2.09. The van der Waals surface area contributed by atoms with Crippen molar-refractivity contribution in [3.8, 4) is 17.7 Å². The SMILES string of the molecule is Cc1cc(Oc2ncccc2C#N)ccc1NC(=O)CCSc1ccccc1Br. The van der Waals surface area contributed by atoms with E-state index in [-0.39, 0.29) is 11.8 Å². The lowest BCUT2D eigenvalue weighted by molar-refractivity contribution is -0.115. The minimum absolute atomic E-state index is 0.0437. The van der Waals surface area contributed by atoms with Gasteiger partial charge in [0.15, 0.2) is 0 Å². The third-order valence-corrected chi connectivity index (χ3v) is 6.03. The van der Waals surface area contributed by atoms with E-state index in [2.05, 4.69) is 32.3 Å². The Morgan fingerprint density at radius 1 is 1.24 bits per heavy atom. The van der Waals surface area contributed by atoms with E-state index in [1.165, 1.54) is 0 Å². The van der Waals surface area contributed by atoms with Crippen LogP contribution >= 0.6 is 27.7 Å². The number of carbonyl (C=O) groups is 1. The van der Waals surface area contributed by atoms with Crippen LogP contribution in [0, 0.1) is 18.3 Å². The van der Waals surface area contributed by atoms with E-state index in [9.17, 15) is 4.79 Å². The lowest BCUT2D eigenvalue weighted by Gasteiger charge is -2.11. The van der Waals surface area contributed by atoms with Gasteiger partial charge in [0.05, 0.1) is 0 Å². The summed E-state index contributed by atoms with van der Waals surface area (Å²) in [6.07, 6.45) is 1.98. The fourth-order valence-electron chi connectivity index (χ4n) is 2.54. The van der Waals surface area contributed by atoms with E-state index < -0.39 is 0 Å². The molecule has 0 spiro atoms. The van der Waals surface area contributed by atoms with E-state index in [1.807, 2.05) is 31.2 Å². The second-order valence-corrected chi connectivity index (χ2v) is 8.11. The molecule has 0 atom stereocenters. The van der Waals surface area contributed by atoms with Gasteiger partial charge in [0, 0.05) is 33.4 Å². The van der Waals surface area contributed by atoms with Gasteiger partial charge in [-0.05, 0) is 70.9 Å². The smallest absolute Gasteiger partial charge is 0.237 e. The van der Waals surface area contributed by atoms with Crippen molar-refractivity contribution in [3.05, 3.63) is 76.4 Å². The standard InChI is InChI=1S/C22H18BrN3O2S/c1-15-13-17(28-22-16(14-24)5-4-11-25-22)8-9-19(15)26-21(27)10-12-29-20-7-3-2-6-18(20)23/h2-9,11,13H,10,12H2,1H3,(H,26,27). The molecule has 0 aliphatic rings. The molecule has 0 saturated heterocycles. The number of ether oxygens (including phenoxy) is 1. The first-order chi connectivity index (χ1) is 14.1. The molecule has 0 unspecified atom stereocenters. The van der Waals surface area contributed by atoms with Gasteiger partial charge in [-0.2, -0.15) is 5.26 Å². The van der Waals surface area contributed by atoms with Gasteiger partial charge in [-0.3, -0.25) is 4.79 Å². The third-order valence-electron chi connectivity index (χ3n) is 4.00. The number of pyridine rings is 1. The van der Waals surface area contributed by atoms with Crippen LogP contribution < -0.4 is 10.1 Å². The molecule has 5 nitrogen and oxygen atoms in total. The number of benzene rings is 2. The summed E-state index contributed by atoms with van der Waals surface area (Å²) < 4.78 is 6.74. The molecule has 0 radical (unpaired) electrons. The molecule has 0 saturated carbocycles. The number of aromatic nitrogens is 1. The summed E-state index contributed by atoms with van der Waals surface area (Å²) in [5.41, 5.74) is 1.96. The molecule has 0 aliphatic heterocycles. The molecule has 0 bridgehead atoms. The number of nitrogens with one attached hydrogen (secondary N) is 1. The number of rotatable bonds is 7. The highest BCUT2D eigenvalue weighted by atomic mass is 79.9. The molecular formula is C22H18BrN3O2S. The van der Waals surface area contributed by atoms with Gasteiger partial charge in [-0.1, -0.05) is 12.1 Å². The van der Waals surface area contributed by atoms with E-state index in [0.29, 0.717) is 23.5 Å². The minimum atomic E-state index is -0.0437. The maximum Gasteiger partial charge on any atom is 0.237 e. The van der Waals surface area contributed by atoms with Crippen LogP contribution in [0.5, 0.6) is 11.6 Å². The monoisotopic (exact) mass is 467 g/mol. The molecule has 1 heterocycles. The number of hydrogen-bond donors (Lipinski definition) is 1. The predicted octanol–water partition coefficient (Wildman–Crippen LogP) is 5.94. The van der Waals surface area contributed by atoms with Crippen molar-refractivity contribution in [3.63, 3.8) is 0 Å². The molecule has 146 valence electrons.